The number of amides is 2. The third kappa shape index (κ3) is 10.4. The molecule has 0 aliphatic rings. The first-order valence-corrected chi connectivity index (χ1v) is 14.2. The molecule has 212 valence electrons. The SMILES string of the molecule is C[C@@H](CC(=O)CCc1cccc2ccccc12)CC(=O)[C@H](CC(=O)NC(C)(C)C)NC(=O)CCc1ccccc1. The maximum absolute atomic E-state index is 13.3. The predicted molar refractivity (Wildman–Crippen MR) is 160 cm³/mol. The monoisotopic (exact) mass is 542 g/mol. The number of Topliss-reactive ketones (excluding diaryl/α,β-unsaturated/α-hetero) is 2. The first-order chi connectivity index (χ1) is 19.0. The van der Waals surface area contributed by atoms with Gasteiger partial charge in [-0.3, -0.25) is 19.2 Å². The largest absolute Gasteiger partial charge is 0.351 e. The summed E-state index contributed by atoms with van der Waals surface area (Å²) >= 11 is 0. The van der Waals surface area contributed by atoms with Crippen molar-refractivity contribution in [2.45, 2.75) is 84.2 Å². The van der Waals surface area contributed by atoms with Gasteiger partial charge >= 0.3 is 0 Å². The highest BCUT2D eigenvalue weighted by Crippen LogP contribution is 2.21. The van der Waals surface area contributed by atoms with Gasteiger partial charge in [0.15, 0.2) is 5.78 Å². The van der Waals surface area contributed by atoms with Gasteiger partial charge in [-0.2, -0.15) is 0 Å². The summed E-state index contributed by atoms with van der Waals surface area (Å²) < 4.78 is 0. The van der Waals surface area contributed by atoms with E-state index in [0.29, 0.717) is 19.3 Å². The van der Waals surface area contributed by atoms with Gasteiger partial charge < -0.3 is 10.6 Å². The van der Waals surface area contributed by atoms with E-state index < -0.39 is 11.6 Å². The Morgan fingerprint density at radius 3 is 2.12 bits per heavy atom. The molecule has 0 unspecified atom stereocenters. The summed E-state index contributed by atoms with van der Waals surface area (Å²) in [6.45, 7) is 7.47. The van der Waals surface area contributed by atoms with Crippen molar-refractivity contribution in [3.8, 4) is 0 Å². The molecule has 0 fully saturated rings. The number of hydrogen-bond donors (Lipinski definition) is 2. The zero-order valence-electron chi connectivity index (χ0n) is 24.2. The molecule has 0 spiro atoms. The van der Waals surface area contributed by atoms with Crippen molar-refractivity contribution in [3.05, 3.63) is 83.9 Å². The van der Waals surface area contributed by atoms with Crippen LogP contribution in [0.25, 0.3) is 10.8 Å². The second kappa shape index (κ2) is 14.5. The third-order valence-corrected chi connectivity index (χ3v) is 6.79. The van der Waals surface area contributed by atoms with Crippen molar-refractivity contribution < 1.29 is 19.2 Å². The second-order valence-electron chi connectivity index (χ2n) is 11.8. The Labute approximate surface area is 237 Å². The van der Waals surface area contributed by atoms with Gasteiger partial charge in [0.05, 0.1) is 12.5 Å². The molecule has 2 amide bonds. The molecule has 2 N–H and O–H groups in total. The van der Waals surface area contributed by atoms with E-state index in [-0.39, 0.29) is 55.0 Å². The molecule has 0 saturated heterocycles. The average Bonchev–Trinajstić information content (AvgIpc) is 2.89. The van der Waals surface area contributed by atoms with Crippen LogP contribution in [0.4, 0.5) is 0 Å². The lowest BCUT2D eigenvalue weighted by Gasteiger charge is -2.24. The fourth-order valence-electron chi connectivity index (χ4n) is 4.90. The van der Waals surface area contributed by atoms with Crippen molar-refractivity contribution in [2.24, 2.45) is 5.92 Å². The van der Waals surface area contributed by atoms with Crippen molar-refractivity contribution in [3.63, 3.8) is 0 Å². The van der Waals surface area contributed by atoms with Crippen LogP contribution >= 0.6 is 0 Å². The molecule has 0 heterocycles. The van der Waals surface area contributed by atoms with Gasteiger partial charge in [0, 0.05) is 31.2 Å². The summed E-state index contributed by atoms with van der Waals surface area (Å²) in [6, 6.07) is 23.0. The average molecular weight is 543 g/mol. The Morgan fingerprint density at radius 1 is 0.725 bits per heavy atom. The topological polar surface area (TPSA) is 92.3 Å². The van der Waals surface area contributed by atoms with E-state index in [9.17, 15) is 19.2 Å². The highest BCUT2D eigenvalue weighted by molar-refractivity contribution is 5.94. The quantitative estimate of drug-likeness (QED) is 0.271. The maximum Gasteiger partial charge on any atom is 0.222 e. The molecule has 3 aromatic carbocycles. The molecule has 0 radical (unpaired) electrons. The number of rotatable bonds is 14. The fourth-order valence-corrected chi connectivity index (χ4v) is 4.90. The van der Waals surface area contributed by atoms with Gasteiger partial charge in [-0.1, -0.05) is 79.7 Å². The van der Waals surface area contributed by atoms with Crippen LogP contribution in [0.15, 0.2) is 72.8 Å². The molecule has 0 aliphatic heterocycles. The molecular weight excluding hydrogens is 500 g/mol. The highest BCUT2D eigenvalue weighted by Gasteiger charge is 2.27. The molecule has 0 aliphatic carbocycles. The minimum absolute atomic E-state index is 0.0992. The van der Waals surface area contributed by atoms with Crippen LogP contribution in [0.1, 0.15) is 70.9 Å². The summed E-state index contributed by atoms with van der Waals surface area (Å²) in [7, 11) is 0. The molecule has 6 nitrogen and oxygen atoms in total. The first-order valence-electron chi connectivity index (χ1n) is 14.2. The molecular formula is C34H42N2O4. The molecule has 0 bridgehead atoms. The maximum atomic E-state index is 13.3. The van der Waals surface area contributed by atoms with Gasteiger partial charge in [-0.15, -0.1) is 0 Å². The highest BCUT2D eigenvalue weighted by atomic mass is 16.2. The van der Waals surface area contributed by atoms with E-state index in [1.54, 1.807) is 0 Å². The van der Waals surface area contributed by atoms with Gasteiger partial charge in [-0.05, 0) is 61.4 Å². The zero-order chi connectivity index (χ0) is 29.1. The summed E-state index contributed by atoms with van der Waals surface area (Å²) in [6.07, 6.45) is 2.08. The summed E-state index contributed by atoms with van der Waals surface area (Å²) in [4.78, 5) is 51.4. The van der Waals surface area contributed by atoms with Crippen LogP contribution < -0.4 is 10.6 Å². The summed E-state index contributed by atoms with van der Waals surface area (Å²) in [5.74, 6) is -0.895. The Bertz CT molecular complexity index is 1310. The molecule has 40 heavy (non-hydrogen) atoms. The summed E-state index contributed by atoms with van der Waals surface area (Å²) in [5, 5.41) is 7.97. The van der Waals surface area contributed by atoms with Gasteiger partial charge in [0.25, 0.3) is 0 Å². The number of fused-ring (bicyclic) bond motifs is 1. The molecule has 0 aromatic heterocycles. The third-order valence-electron chi connectivity index (χ3n) is 6.79. The summed E-state index contributed by atoms with van der Waals surface area (Å²) in [5.41, 5.74) is 1.71. The van der Waals surface area contributed by atoms with Crippen LogP contribution in [0.5, 0.6) is 0 Å². The minimum atomic E-state index is -0.932. The first kappa shape index (κ1) is 30.7. The molecule has 2 atom stereocenters. The van der Waals surface area contributed by atoms with Crippen molar-refractivity contribution in [1.29, 1.82) is 0 Å². The van der Waals surface area contributed by atoms with E-state index in [4.69, 9.17) is 0 Å². The predicted octanol–water partition coefficient (Wildman–Crippen LogP) is 5.75. The number of ketones is 2. The molecule has 6 heteroatoms. The van der Waals surface area contributed by atoms with E-state index in [1.165, 1.54) is 0 Å². The Morgan fingerprint density at radius 2 is 1.40 bits per heavy atom. The number of carbonyl (C=O) groups excluding carboxylic acids is 4. The van der Waals surface area contributed by atoms with Crippen LogP contribution in [0.2, 0.25) is 0 Å². The van der Waals surface area contributed by atoms with Crippen molar-refractivity contribution >= 4 is 34.2 Å². The van der Waals surface area contributed by atoms with Crippen LogP contribution in [-0.2, 0) is 32.0 Å². The Balaban J connectivity index is 1.55. The number of aryl methyl sites for hydroxylation is 2. The standard InChI is InChI=1S/C34H42N2O4/c1-24(21-28(37)19-18-27-15-10-14-26-13-8-9-16-29(26)27)22-31(38)30(23-33(40)36-34(2,3)4)35-32(39)20-17-25-11-6-5-7-12-25/h5-16,24,30H,17-23H2,1-4H3,(H,35,39)(H,36,40)/t24-,30-/m0/s1. The van der Waals surface area contributed by atoms with Crippen LogP contribution in [-0.4, -0.2) is 35.0 Å². The lowest BCUT2D eigenvalue weighted by Crippen LogP contribution is -2.48. The second-order valence-corrected chi connectivity index (χ2v) is 11.8. The lowest BCUT2D eigenvalue weighted by atomic mass is 9.92. The fraction of sp³-hybridized carbons (Fsp3) is 0.412. The normalized spacial score (nSPS) is 12.9. The molecule has 3 rings (SSSR count). The Kier molecular flexibility index (Phi) is 11.2. The van der Waals surface area contributed by atoms with E-state index >= 15 is 0 Å². The zero-order valence-corrected chi connectivity index (χ0v) is 24.2. The van der Waals surface area contributed by atoms with Gasteiger partial charge in [0.2, 0.25) is 11.8 Å². The van der Waals surface area contributed by atoms with Gasteiger partial charge in [-0.25, -0.2) is 0 Å². The number of hydrogen-bond acceptors (Lipinski definition) is 4. The van der Waals surface area contributed by atoms with Crippen molar-refractivity contribution in [2.75, 3.05) is 0 Å². The van der Waals surface area contributed by atoms with Crippen molar-refractivity contribution in [1.82, 2.24) is 10.6 Å². The number of nitrogens with one attached hydrogen (secondary N) is 2. The molecule has 3 aromatic rings. The van der Waals surface area contributed by atoms with Crippen LogP contribution in [0.3, 0.4) is 0 Å². The van der Waals surface area contributed by atoms with Gasteiger partial charge in [0.1, 0.15) is 5.78 Å². The molecule has 0 saturated carbocycles. The Hall–Kier alpha value is -3.80. The van der Waals surface area contributed by atoms with E-state index in [2.05, 4.69) is 34.9 Å². The number of carbonyl (C=O) groups is 4. The smallest absolute Gasteiger partial charge is 0.222 e. The van der Waals surface area contributed by atoms with E-state index in [0.717, 1.165) is 21.9 Å². The van der Waals surface area contributed by atoms with E-state index in [1.807, 2.05) is 76.2 Å². The van der Waals surface area contributed by atoms with Crippen LogP contribution in [0, 0.1) is 5.92 Å². The minimum Gasteiger partial charge on any atom is -0.351 e. The lowest BCUT2D eigenvalue weighted by molar-refractivity contribution is -0.132. The number of benzene rings is 3.